The van der Waals surface area contributed by atoms with Crippen molar-refractivity contribution in [1.82, 2.24) is 0 Å². The topological polar surface area (TPSA) is 38.8 Å². The fourth-order valence-corrected chi connectivity index (χ4v) is 4.53. The zero-order valence-corrected chi connectivity index (χ0v) is 15.2. The molecule has 4 atom stereocenters. The molecule has 3 nitrogen and oxygen atoms in total. The second-order valence-electron chi connectivity index (χ2n) is 8.68. The van der Waals surface area contributed by atoms with Gasteiger partial charge in [0.05, 0.1) is 22.9 Å². The molecule has 0 radical (unpaired) electrons. The Hall–Kier alpha value is -0.670. The van der Waals surface area contributed by atoms with Gasteiger partial charge in [-0.1, -0.05) is 19.9 Å². The van der Waals surface area contributed by atoms with E-state index in [1.807, 2.05) is 0 Å². The van der Waals surface area contributed by atoms with Crippen molar-refractivity contribution in [3.63, 3.8) is 0 Å². The molecule has 3 aliphatic rings. The number of carbonyl (C=O) groups excluding carboxylic acids is 1. The highest BCUT2D eigenvalue weighted by Gasteiger charge is 2.58. The Balaban J connectivity index is 1.82. The predicted octanol–water partition coefficient (Wildman–Crippen LogP) is 4.59. The van der Waals surface area contributed by atoms with E-state index in [0.29, 0.717) is 12.0 Å². The highest BCUT2D eigenvalue weighted by Crippen LogP contribution is 2.53. The zero-order valence-electron chi connectivity index (χ0n) is 15.2. The van der Waals surface area contributed by atoms with Crippen molar-refractivity contribution in [2.24, 2.45) is 5.92 Å². The average Bonchev–Trinajstić information content (AvgIpc) is 2.96. The summed E-state index contributed by atoms with van der Waals surface area (Å²) < 4.78 is 12.8. The van der Waals surface area contributed by atoms with Crippen LogP contribution in [0.5, 0.6) is 0 Å². The van der Waals surface area contributed by atoms with E-state index in [0.717, 1.165) is 63.2 Å². The predicted molar refractivity (Wildman–Crippen MR) is 91.4 cm³/mol. The Kier molecular flexibility index (Phi) is 4.48. The fourth-order valence-electron chi connectivity index (χ4n) is 4.53. The van der Waals surface area contributed by atoms with Crippen LogP contribution in [0.1, 0.15) is 79.1 Å². The van der Waals surface area contributed by atoms with Crippen LogP contribution in [0.3, 0.4) is 0 Å². The third-order valence-corrected chi connectivity index (χ3v) is 6.51. The highest BCUT2D eigenvalue weighted by atomic mass is 16.6. The van der Waals surface area contributed by atoms with Crippen LogP contribution >= 0.6 is 0 Å². The summed E-state index contributed by atoms with van der Waals surface area (Å²) in [5.41, 5.74) is 0.841. The number of carbonyl (C=O) groups is 1. The van der Waals surface area contributed by atoms with Crippen molar-refractivity contribution in [2.75, 3.05) is 0 Å². The number of ether oxygens (including phenoxy) is 2. The Bertz CT molecular complexity index is 497. The molecule has 0 aromatic carbocycles. The number of hydrogen-bond donors (Lipinski definition) is 0. The van der Waals surface area contributed by atoms with Gasteiger partial charge in [-0.3, -0.25) is 4.79 Å². The van der Waals surface area contributed by atoms with E-state index in [9.17, 15) is 4.79 Å². The molecule has 2 bridgehead atoms. The molecule has 130 valence electrons. The van der Waals surface area contributed by atoms with Gasteiger partial charge in [-0.25, -0.2) is 0 Å². The van der Waals surface area contributed by atoms with Crippen molar-refractivity contribution in [3.8, 4) is 0 Å². The van der Waals surface area contributed by atoms with Crippen molar-refractivity contribution in [1.29, 1.82) is 0 Å². The SMILES string of the molecule is CC(C)[C@]12CC[C@@](C)(CCC/C(C=O)=C\CC[C@@]3(C)O[C@@H]3C1)O2. The molecule has 2 saturated heterocycles. The molecule has 3 aliphatic heterocycles. The van der Waals surface area contributed by atoms with E-state index in [2.05, 4.69) is 33.8 Å². The summed E-state index contributed by atoms with van der Waals surface area (Å²) >= 11 is 0. The lowest BCUT2D eigenvalue weighted by molar-refractivity contribution is -0.128. The third-order valence-electron chi connectivity index (χ3n) is 6.51. The zero-order chi connectivity index (χ0) is 16.7. The molecule has 23 heavy (non-hydrogen) atoms. The van der Waals surface area contributed by atoms with Gasteiger partial charge in [-0.2, -0.15) is 0 Å². The molecule has 0 aromatic rings. The molecule has 3 heteroatoms. The van der Waals surface area contributed by atoms with Crippen LogP contribution in [-0.4, -0.2) is 29.2 Å². The number of allylic oxidation sites excluding steroid dienone is 2. The van der Waals surface area contributed by atoms with Gasteiger partial charge in [-0.15, -0.1) is 0 Å². The molecular formula is C20H32O3. The maximum absolute atomic E-state index is 11.3. The molecule has 3 heterocycles. The van der Waals surface area contributed by atoms with Crippen molar-refractivity contribution in [3.05, 3.63) is 11.6 Å². The summed E-state index contributed by atoms with van der Waals surface area (Å²) in [5, 5.41) is 0. The summed E-state index contributed by atoms with van der Waals surface area (Å²) in [5.74, 6) is 0.506. The quantitative estimate of drug-likeness (QED) is 0.552. The Morgan fingerprint density at radius 1 is 1.22 bits per heavy atom. The number of rotatable bonds is 2. The monoisotopic (exact) mass is 320 g/mol. The highest BCUT2D eigenvalue weighted by molar-refractivity contribution is 5.72. The fraction of sp³-hybridized carbons (Fsp3) is 0.850. The van der Waals surface area contributed by atoms with Crippen LogP contribution in [0.2, 0.25) is 0 Å². The van der Waals surface area contributed by atoms with Gasteiger partial charge in [0.25, 0.3) is 0 Å². The molecule has 3 rings (SSSR count). The van der Waals surface area contributed by atoms with E-state index in [4.69, 9.17) is 9.47 Å². The van der Waals surface area contributed by atoms with Crippen LogP contribution in [0, 0.1) is 5.92 Å². The van der Waals surface area contributed by atoms with Gasteiger partial charge in [-0.05, 0) is 70.3 Å². The first-order chi connectivity index (χ1) is 10.8. The lowest BCUT2D eigenvalue weighted by atomic mass is 9.80. The molecule has 0 aromatic heterocycles. The summed E-state index contributed by atoms with van der Waals surface area (Å²) in [6.45, 7) is 9.05. The number of aldehydes is 1. The standard InChI is InChI=1S/C20H32O3/c1-15(2)20-12-11-18(3,23-20)9-5-7-16(14-21)8-6-10-19(4)17(13-20)22-19/h8,14-15,17H,5-7,9-13H2,1-4H3/b16-8+/t17-,18-,19-,20+/m1/s1. The number of epoxide rings is 1. The summed E-state index contributed by atoms with van der Waals surface area (Å²) in [4.78, 5) is 11.3. The lowest BCUT2D eigenvalue weighted by Crippen LogP contribution is -2.40. The minimum absolute atomic E-state index is 0.0250. The Labute approximate surface area is 140 Å². The smallest absolute Gasteiger partial charge is 0.145 e. The maximum Gasteiger partial charge on any atom is 0.145 e. The molecule has 0 unspecified atom stereocenters. The third kappa shape index (κ3) is 3.41. The molecular weight excluding hydrogens is 288 g/mol. The second kappa shape index (κ2) is 6.00. The first kappa shape index (κ1) is 17.2. The van der Waals surface area contributed by atoms with Gasteiger partial charge < -0.3 is 9.47 Å². The van der Waals surface area contributed by atoms with Crippen molar-refractivity contribution >= 4 is 6.29 Å². The van der Waals surface area contributed by atoms with Gasteiger partial charge in [0.15, 0.2) is 0 Å². The van der Waals surface area contributed by atoms with Crippen molar-refractivity contribution in [2.45, 2.75) is 102 Å². The van der Waals surface area contributed by atoms with Gasteiger partial charge in [0, 0.05) is 6.42 Å². The molecule has 0 spiro atoms. The largest absolute Gasteiger partial charge is 0.368 e. The molecule has 0 amide bonds. The van der Waals surface area contributed by atoms with Crippen LogP contribution < -0.4 is 0 Å². The van der Waals surface area contributed by atoms with Crippen LogP contribution in [0.25, 0.3) is 0 Å². The van der Waals surface area contributed by atoms with E-state index < -0.39 is 0 Å². The van der Waals surface area contributed by atoms with Gasteiger partial charge in [0.1, 0.15) is 6.29 Å². The number of fused-ring (bicyclic) bond motifs is 3. The van der Waals surface area contributed by atoms with E-state index in [-0.39, 0.29) is 16.8 Å². The Morgan fingerprint density at radius 3 is 2.70 bits per heavy atom. The molecule has 0 aliphatic carbocycles. The molecule has 0 saturated carbocycles. The summed E-state index contributed by atoms with van der Waals surface area (Å²) in [6, 6.07) is 0. The minimum Gasteiger partial charge on any atom is -0.368 e. The minimum atomic E-state index is -0.0440. The van der Waals surface area contributed by atoms with Gasteiger partial charge >= 0.3 is 0 Å². The van der Waals surface area contributed by atoms with Crippen LogP contribution in [0.15, 0.2) is 11.6 Å². The normalized spacial score (nSPS) is 46.8. The van der Waals surface area contributed by atoms with Crippen LogP contribution in [-0.2, 0) is 14.3 Å². The number of hydrogen-bond acceptors (Lipinski definition) is 3. The first-order valence-corrected chi connectivity index (χ1v) is 9.33. The molecule has 2 fully saturated rings. The van der Waals surface area contributed by atoms with Gasteiger partial charge in [0.2, 0.25) is 0 Å². The maximum atomic E-state index is 11.3. The van der Waals surface area contributed by atoms with Crippen molar-refractivity contribution < 1.29 is 14.3 Å². The van der Waals surface area contributed by atoms with E-state index in [1.54, 1.807) is 0 Å². The summed E-state index contributed by atoms with van der Waals surface area (Å²) in [6.07, 6.45) is 11.6. The van der Waals surface area contributed by atoms with E-state index >= 15 is 0 Å². The van der Waals surface area contributed by atoms with E-state index in [1.165, 1.54) is 0 Å². The molecule has 0 N–H and O–H groups in total. The Morgan fingerprint density at radius 2 is 2.00 bits per heavy atom. The van der Waals surface area contributed by atoms with Crippen LogP contribution in [0.4, 0.5) is 0 Å². The average molecular weight is 320 g/mol. The first-order valence-electron chi connectivity index (χ1n) is 9.33. The second-order valence-corrected chi connectivity index (χ2v) is 8.68. The summed E-state index contributed by atoms with van der Waals surface area (Å²) in [7, 11) is 0. The lowest BCUT2D eigenvalue weighted by Gasteiger charge is -2.37.